The predicted molar refractivity (Wildman–Crippen MR) is 74.1 cm³/mol. The first kappa shape index (κ1) is 14.6. The normalized spacial score (nSPS) is 13.3. The molecule has 1 heterocycles. The van der Waals surface area contributed by atoms with Crippen molar-refractivity contribution in [1.29, 1.82) is 0 Å². The van der Waals surface area contributed by atoms with Gasteiger partial charge in [-0.3, -0.25) is 5.10 Å². The molecule has 0 aliphatic carbocycles. The fourth-order valence-corrected chi connectivity index (χ4v) is 2.75. The van der Waals surface area contributed by atoms with E-state index in [0.717, 1.165) is 12.0 Å². The zero-order chi connectivity index (χ0) is 14.6. The van der Waals surface area contributed by atoms with Gasteiger partial charge in [0, 0.05) is 6.04 Å². The minimum atomic E-state index is -3.59. The van der Waals surface area contributed by atoms with E-state index in [0.29, 0.717) is 5.82 Å². The summed E-state index contributed by atoms with van der Waals surface area (Å²) in [6, 6.07) is 6.47. The second-order valence-electron chi connectivity index (χ2n) is 4.34. The van der Waals surface area contributed by atoms with E-state index in [1.807, 2.05) is 13.0 Å². The predicted octanol–water partition coefficient (Wildman–Crippen LogP) is 0.693. The van der Waals surface area contributed by atoms with Crippen LogP contribution < -0.4 is 10.5 Å². The Bertz CT molecular complexity index is 654. The summed E-state index contributed by atoms with van der Waals surface area (Å²) < 4.78 is 26.8. The van der Waals surface area contributed by atoms with Crippen LogP contribution in [0.3, 0.4) is 0 Å². The third kappa shape index (κ3) is 3.41. The smallest absolute Gasteiger partial charge is 0.240 e. The molecular weight excluding hydrogens is 278 g/mol. The van der Waals surface area contributed by atoms with E-state index in [4.69, 9.17) is 5.73 Å². The number of benzene rings is 1. The Balaban J connectivity index is 2.16. The Morgan fingerprint density at radius 3 is 2.90 bits per heavy atom. The Labute approximate surface area is 117 Å². The lowest BCUT2D eigenvalue weighted by Crippen LogP contribution is -2.24. The van der Waals surface area contributed by atoms with Gasteiger partial charge < -0.3 is 5.73 Å². The van der Waals surface area contributed by atoms with E-state index in [1.54, 1.807) is 12.1 Å². The van der Waals surface area contributed by atoms with Crippen molar-refractivity contribution in [2.45, 2.75) is 30.8 Å². The molecule has 0 fully saturated rings. The van der Waals surface area contributed by atoms with Crippen LogP contribution in [0.1, 0.15) is 30.8 Å². The minimum absolute atomic E-state index is 0.0619. The van der Waals surface area contributed by atoms with Gasteiger partial charge in [-0.1, -0.05) is 19.1 Å². The third-order valence-corrected chi connectivity index (χ3v) is 4.33. The van der Waals surface area contributed by atoms with Crippen molar-refractivity contribution in [3.8, 4) is 0 Å². The number of aromatic nitrogens is 3. The van der Waals surface area contributed by atoms with Crippen LogP contribution in [-0.4, -0.2) is 23.6 Å². The number of rotatable bonds is 6. The van der Waals surface area contributed by atoms with Crippen LogP contribution in [0.15, 0.2) is 35.5 Å². The highest BCUT2D eigenvalue weighted by Gasteiger charge is 2.16. The first-order valence-corrected chi connectivity index (χ1v) is 7.70. The van der Waals surface area contributed by atoms with Crippen molar-refractivity contribution >= 4 is 10.0 Å². The zero-order valence-corrected chi connectivity index (χ0v) is 11.9. The summed E-state index contributed by atoms with van der Waals surface area (Å²) >= 11 is 0. The molecule has 1 aromatic carbocycles. The molecule has 20 heavy (non-hydrogen) atoms. The Hall–Kier alpha value is -1.77. The molecule has 1 aromatic heterocycles. The highest BCUT2D eigenvalue weighted by molar-refractivity contribution is 7.89. The second-order valence-corrected chi connectivity index (χ2v) is 6.11. The first-order chi connectivity index (χ1) is 9.53. The van der Waals surface area contributed by atoms with Crippen LogP contribution in [0.2, 0.25) is 0 Å². The van der Waals surface area contributed by atoms with Crippen LogP contribution in [0.4, 0.5) is 0 Å². The molecule has 0 radical (unpaired) electrons. The van der Waals surface area contributed by atoms with Gasteiger partial charge in [0.2, 0.25) is 10.0 Å². The van der Waals surface area contributed by atoms with E-state index >= 15 is 0 Å². The quantitative estimate of drug-likeness (QED) is 0.725. The van der Waals surface area contributed by atoms with Gasteiger partial charge in [0.25, 0.3) is 0 Å². The molecule has 0 amide bonds. The summed E-state index contributed by atoms with van der Waals surface area (Å²) in [6.07, 6.45) is 2.07. The van der Waals surface area contributed by atoms with Crippen LogP contribution in [-0.2, 0) is 16.6 Å². The topological polar surface area (TPSA) is 114 Å². The van der Waals surface area contributed by atoms with Crippen molar-refractivity contribution in [2.24, 2.45) is 5.73 Å². The number of nitrogens with two attached hydrogens (primary N) is 1. The molecule has 0 saturated heterocycles. The molecule has 0 spiro atoms. The molecule has 2 aromatic rings. The standard InChI is InChI=1S/C12H17N5O2S/c1-2-11(13)9-4-3-5-10(6-9)20(18,19)16-7-12-14-8-15-17-12/h3-6,8,11,16H,2,7,13H2,1H3,(H,14,15,17). The lowest BCUT2D eigenvalue weighted by molar-refractivity contribution is 0.579. The minimum Gasteiger partial charge on any atom is -0.324 e. The maximum atomic E-state index is 12.2. The van der Waals surface area contributed by atoms with E-state index in [-0.39, 0.29) is 17.5 Å². The summed E-state index contributed by atoms with van der Waals surface area (Å²) in [5, 5.41) is 6.25. The molecular formula is C12H17N5O2S. The molecule has 0 bridgehead atoms. The van der Waals surface area contributed by atoms with Gasteiger partial charge in [0.05, 0.1) is 11.4 Å². The highest BCUT2D eigenvalue weighted by Crippen LogP contribution is 2.18. The molecule has 4 N–H and O–H groups in total. The average Bonchev–Trinajstić information content (AvgIpc) is 2.98. The Morgan fingerprint density at radius 2 is 2.25 bits per heavy atom. The zero-order valence-electron chi connectivity index (χ0n) is 11.1. The fraction of sp³-hybridized carbons (Fsp3) is 0.333. The number of nitrogens with one attached hydrogen (secondary N) is 2. The molecule has 7 nitrogen and oxygen atoms in total. The lowest BCUT2D eigenvalue weighted by Gasteiger charge is -2.11. The van der Waals surface area contributed by atoms with Crippen molar-refractivity contribution in [1.82, 2.24) is 19.9 Å². The number of nitrogens with zero attached hydrogens (tertiary/aromatic N) is 2. The molecule has 2 rings (SSSR count). The van der Waals surface area contributed by atoms with Crippen LogP contribution in [0.5, 0.6) is 0 Å². The van der Waals surface area contributed by atoms with E-state index < -0.39 is 10.0 Å². The number of aromatic amines is 1. The summed E-state index contributed by atoms with van der Waals surface area (Å²) in [4.78, 5) is 4.05. The van der Waals surface area contributed by atoms with Gasteiger partial charge in [-0.15, -0.1) is 0 Å². The average molecular weight is 295 g/mol. The highest BCUT2D eigenvalue weighted by atomic mass is 32.2. The number of H-pyrrole nitrogens is 1. The van der Waals surface area contributed by atoms with Crippen LogP contribution in [0, 0.1) is 0 Å². The van der Waals surface area contributed by atoms with Gasteiger partial charge >= 0.3 is 0 Å². The third-order valence-electron chi connectivity index (χ3n) is 2.93. The molecule has 8 heteroatoms. The summed E-state index contributed by atoms with van der Waals surface area (Å²) in [6.45, 7) is 2.01. The van der Waals surface area contributed by atoms with Gasteiger partial charge in [0.15, 0.2) is 0 Å². The fourth-order valence-electron chi connectivity index (χ4n) is 1.71. The van der Waals surface area contributed by atoms with E-state index in [1.165, 1.54) is 12.4 Å². The van der Waals surface area contributed by atoms with Gasteiger partial charge in [0.1, 0.15) is 12.2 Å². The first-order valence-electron chi connectivity index (χ1n) is 6.22. The largest absolute Gasteiger partial charge is 0.324 e. The summed E-state index contributed by atoms with van der Waals surface area (Å²) in [5.74, 6) is 0.454. The molecule has 0 aliphatic heterocycles. The van der Waals surface area contributed by atoms with Crippen LogP contribution in [0.25, 0.3) is 0 Å². The number of sulfonamides is 1. The molecule has 0 saturated carbocycles. The lowest BCUT2D eigenvalue weighted by atomic mass is 10.1. The Morgan fingerprint density at radius 1 is 1.45 bits per heavy atom. The molecule has 0 aliphatic rings. The molecule has 1 unspecified atom stereocenters. The van der Waals surface area contributed by atoms with Crippen molar-refractivity contribution < 1.29 is 8.42 Å². The molecule has 1 atom stereocenters. The maximum absolute atomic E-state index is 12.2. The van der Waals surface area contributed by atoms with Gasteiger partial charge in [-0.05, 0) is 24.1 Å². The number of hydrogen-bond donors (Lipinski definition) is 3. The van der Waals surface area contributed by atoms with Gasteiger partial charge in [-0.2, -0.15) is 5.10 Å². The maximum Gasteiger partial charge on any atom is 0.240 e. The van der Waals surface area contributed by atoms with Crippen molar-refractivity contribution in [3.63, 3.8) is 0 Å². The summed E-state index contributed by atoms with van der Waals surface area (Å²) in [7, 11) is -3.59. The second kappa shape index (κ2) is 6.12. The monoisotopic (exact) mass is 295 g/mol. The SMILES string of the molecule is CCC(N)c1cccc(S(=O)(=O)NCc2ncn[nH]2)c1. The van der Waals surface area contributed by atoms with Crippen molar-refractivity contribution in [2.75, 3.05) is 0 Å². The van der Waals surface area contributed by atoms with Crippen LogP contribution >= 0.6 is 0 Å². The van der Waals surface area contributed by atoms with Crippen molar-refractivity contribution in [3.05, 3.63) is 42.0 Å². The molecule has 108 valence electrons. The Kier molecular flexibility index (Phi) is 4.48. The van der Waals surface area contributed by atoms with E-state index in [9.17, 15) is 8.42 Å². The summed E-state index contributed by atoms with van der Waals surface area (Å²) in [5.41, 5.74) is 6.72. The van der Waals surface area contributed by atoms with E-state index in [2.05, 4.69) is 19.9 Å². The van der Waals surface area contributed by atoms with Gasteiger partial charge in [-0.25, -0.2) is 18.1 Å². The number of hydrogen-bond acceptors (Lipinski definition) is 5.